The number of aromatic amines is 2. The number of imidazole rings is 2. The summed E-state index contributed by atoms with van der Waals surface area (Å²) in [5.74, 6) is 1.92. The molecular formula is C49H55N9O5. The zero-order chi connectivity index (χ0) is 44.0. The van der Waals surface area contributed by atoms with Gasteiger partial charge in [0.2, 0.25) is 17.7 Å². The summed E-state index contributed by atoms with van der Waals surface area (Å²) in [6.45, 7) is 11.1. The molecule has 5 heterocycles. The molecule has 3 aromatic carbocycles. The number of nitrogens with zero attached hydrogens (tertiary/aromatic N) is 6. The van der Waals surface area contributed by atoms with E-state index < -0.39 is 18.2 Å². The van der Waals surface area contributed by atoms with Crippen LogP contribution in [0.5, 0.6) is 5.88 Å². The predicted octanol–water partition coefficient (Wildman–Crippen LogP) is 8.52. The van der Waals surface area contributed by atoms with Gasteiger partial charge >= 0.3 is 6.09 Å². The number of likely N-dealkylation sites (tertiary alicyclic amines) is 2. The van der Waals surface area contributed by atoms with Crippen molar-refractivity contribution in [3.05, 3.63) is 103 Å². The second-order valence-corrected chi connectivity index (χ2v) is 18.3. The Balaban J connectivity index is 0.903. The summed E-state index contributed by atoms with van der Waals surface area (Å²) >= 11 is 0. The predicted molar refractivity (Wildman–Crippen MR) is 239 cm³/mol. The number of methoxy groups -OCH3 is 1. The quantitative estimate of drug-likeness (QED) is 0.109. The van der Waals surface area contributed by atoms with Crippen LogP contribution in [0.1, 0.15) is 84.0 Å². The molecule has 1 aliphatic carbocycles. The van der Waals surface area contributed by atoms with E-state index in [0.717, 1.165) is 63.2 Å². The number of benzene rings is 3. The van der Waals surface area contributed by atoms with Crippen molar-refractivity contribution in [3.63, 3.8) is 0 Å². The van der Waals surface area contributed by atoms with Crippen LogP contribution in [-0.4, -0.2) is 90.0 Å². The second kappa shape index (κ2) is 16.9. The van der Waals surface area contributed by atoms with E-state index in [4.69, 9.17) is 19.4 Å². The Morgan fingerprint density at radius 1 is 0.730 bits per heavy atom. The summed E-state index contributed by atoms with van der Waals surface area (Å²) in [4.78, 5) is 68.7. The molecular weight excluding hydrogens is 795 g/mol. The first kappa shape index (κ1) is 41.8. The van der Waals surface area contributed by atoms with Crippen molar-refractivity contribution in [1.82, 2.24) is 45.0 Å². The van der Waals surface area contributed by atoms with Crippen LogP contribution in [0.25, 0.3) is 44.4 Å². The van der Waals surface area contributed by atoms with Crippen molar-refractivity contribution in [3.8, 4) is 39.5 Å². The first-order chi connectivity index (χ1) is 30.4. The molecule has 3 aliphatic rings. The fraction of sp³-hybridized carbons (Fsp3) is 0.408. The Bertz CT molecular complexity index is 2620. The fourth-order valence-corrected chi connectivity index (χ4v) is 9.14. The summed E-state index contributed by atoms with van der Waals surface area (Å²) in [5.41, 5.74) is 6.21. The molecule has 3 aromatic heterocycles. The largest absolute Gasteiger partial charge is 0.471 e. The number of aromatic nitrogens is 6. The highest BCUT2D eigenvalue weighted by atomic mass is 16.5. The van der Waals surface area contributed by atoms with Crippen LogP contribution >= 0.6 is 0 Å². The first-order valence-corrected chi connectivity index (χ1v) is 22.0. The van der Waals surface area contributed by atoms with E-state index in [9.17, 15) is 14.4 Å². The van der Waals surface area contributed by atoms with E-state index in [0.29, 0.717) is 24.0 Å². The molecule has 3 amide bonds. The normalized spacial score (nSPS) is 20.1. The van der Waals surface area contributed by atoms with Gasteiger partial charge in [0, 0.05) is 36.8 Å². The number of rotatable bonds is 12. The molecule has 1 saturated carbocycles. The van der Waals surface area contributed by atoms with Crippen molar-refractivity contribution >= 4 is 28.7 Å². The first-order valence-electron chi connectivity index (χ1n) is 22.0. The van der Waals surface area contributed by atoms with Crippen LogP contribution in [0, 0.1) is 23.2 Å². The lowest BCUT2D eigenvalue weighted by molar-refractivity contribution is -0.137. The molecule has 14 heteroatoms. The number of amides is 3. The van der Waals surface area contributed by atoms with Gasteiger partial charge in [-0.05, 0) is 76.1 Å². The molecule has 2 saturated heterocycles. The van der Waals surface area contributed by atoms with Crippen molar-refractivity contribution in [1.29, 1.82) is 0 Å². The molecule has 326 valence electrons. The Labute approximate surface area is 367 Å². The summed E-state index contributed by atoms with van der Waals surface area (Å²) in [6, 6.07) is 20.1. The molecule has 3 N–H and O–H groups in total. The highest BCUT2D eigenvalue weighted by Gasteiger charge is 2.54. The molecule has 14 nitrogen and oxygen atoms in total. The maximum absolute atomic E-state index is 14.1. The minimum Gasteiger partial charge on any atom is -0.471 e. The maximum atomic E-state index is 14.1. The van der Waals surface area contributed by atoms with E-state index in [2.05, 4.69) is 105 Å². The van der Waals surface area contributed by atoms with Gasteiger partial charge in [0.1, 0.15) is 23.8 Å². The van der Waals surface area contributed by atoms with Gasteiger partial charge in [-0.15, -0.1) is 0 Å². The van der Waals surface area contributed by atoms with Gasteiger partial charge in [-0.2, -0.15) is 0 Å². The molecule has 6 aromatic rings. The number of H-pyrrole nitrogens is 2. The minimum absolute atomic E-state index is 0.0158. The molecule has 5 atom stereocenters. The molecule has 3 fully saturated rings. The van der Waals surface area contributed by atoms with Gasteiger partial charge < -0.3 is 34.6 Å². The number of fused-ring (bicyclic) bond motifs is 1. The number of ether oxygens (including phenoxy) is 2. The summed E-state index contributed by atoms with van der Waals surface area (Å²) in [6.07, 6.45) is 11.1. The van der Waals surface area contributed by atoms with E-state index in [1.807, 2.05) is 27.0 Å². The minimum atomic E-state index is -0.806. The van der Waals surface area contributed by atoms with E-state index in [1.165, 1.54) is 20.0 Å². The summed E-state index contributed by atoms with van der Waals surface area (Å²) in [7, 11) is 1.28. The number of hydrogen-bond acceptors (Lipinski definition) is 9. The van der Waals surface area contributed by atoms with Gasteiger partial charge in [-0.25, -0.2) is 19.7 Å². The van der Waals surface area contributed by atoms with Crippen molar-refractivity contribution < 1.29 is 23.9 Å². The lowest BCUT2D eigenvalue weighted by Crippen LogP contribution is -2.51. The van der Waals surface area contributed by atoms with E-state index in [1.54, 1.807) is 29.7 Å². The summed E-state index contributed by atoms with van der Waals surface area (Å²) < 4.78 is 11.0. The molecule has 0 unspecified atom stereocenters. The monoisotopic (exact) mass is 849 g/mol. The molecule has 0 radical (unpaired) electrons. The van der Waals surface area contributed by atoms with Crippen LogP contribution in [0.2, 0.25) is 0 Å². The third-order valence-corrected chi connectivity index (χ3v) is 13.4. The third-order valence-electron chi connectivity index (χ3n) is 13.4. The Kier molecular flexibility index (Phi) is 11.2. The Hall–Kier alpha value is -6.57. The van der Waals surface area contributed by atoms with Gasteiger partial charge in [-0.1, -0.05) is 83.1 Å². The number of carbonyl (C=O) groups excluding carboxylic acids is 3. The second-order valence-electron chi connectivity index (χ2n) is 18.3. The standard InChI is InChI=1S/C49H55N9O5/c1-28(2)30(5)46(59)58-27-49(15-16-49)22-41(58)45-53-24-39(55-45)36-14-13-34-19-33(11-12-35(34)20-36)31-7-9-32(10-8-31)38-23-52-44(54-38)40-21-37(63-42-25-50-17-18-51-42)26-57(40)47(60)43(29(3)4)56-48(61)62-6/h7-14,17-20,23-25,28-30,37,40-41,43H,15-16,21-22,26-27H2,1-6H3,(H,52,54)(H,53,55)(H,56,61)/t30-,37-,40-,41-,43-/m0/s1. The number of nitrogens with one attached hydrogen (secondary N) is 3. The maximum Gasteiger partial charge on any atom is 0.407 e. The molecule has 2 aliphatic heterocycles. The average Bonchev–Trinajstić information content (AvgIpc) is 3.78. The Morgan fingerprint density at radius 3 is 2.00 bits per heavy atom. The fourth-order valence-electron chi connectivity index (χ4n) is 9.14. The number of carbonyl (C=O) groups is 3. The highest BCUT2D eigenvalue weighted by molar-refractivity contribution is 5.91. The molecule has 1 spiro atoms. The van der Waals surface area contributed by atoms with Gasteiger partial charge in [0.15, 0.2) is 0 Å². The van der Waals surface area contributed by atoms with Crippen LogP contribution < -0.4 is 10.1 Å². The molecule has 63 heavy (non-hydrogen) atoms. The van der Waals surface area contributed by atoms with Gasteiger partial charge in [-0.3, -0.25) is 14.6 Å². The van der Waals surface area contributed by atoms with Crippen LogP contribution in [0.3, 0.4) is 0 Å². The lowest BCUT2D eigenvalue weighted by atomic mass is 9.96. The smallest absolute Gasteiger partial charge is 0.407 e. The van der Waals surface area contributed by atoms with Gasteiger partial charge in [0.05, 0.1) is 55.7 Å². The zero-order valence-corrected chi connectivity index (χ0v) is 36.7. The lowest BCUT2D eigenvalue weighted by Gasteiger charge is -2.29. The zero-order valence-electron chi connectivity index (χ0n) is 36.7. The topological polar surface area (TPSA) is 171 Å². The molecule has 9 rings (SSSR count). The number of hydrogen-bond donors (Lipinski definition) is 3. The highest BCUT2D eigenvalue weighted by Crippen LogP contribution is 2.58. The van der Waals surface area contributed by atoms with Crippen molar-refractivity contribution in [2.45, 2.75) is 84.5 Å². The van der Waals surface area contributed by atoms with Crippen molar-refractivity contribution in [2.75, 3.05) is 20.2 Å². The van der Waals surface area contributed by atoms with Crippen LogP contribution in [0.15, 0.2) is 91.6 Å². The summed E-state index contributed by atoms with van der Waals surface area (Å²) in [5, 5.41) is 4.96. The van der Waals surface area contributed by atoms with E-state index >= 15 is 0 Å². The average molecular weight is 850 g/mol. The van der Waals surface area contributed by atoms with Crippen LogP contribution in [-0.2, 0) is 14.3 Å². The SMILES string of the molecule is COC(=O)N[C@H](C(=O)N1C[C@@H](Oc2cnccn2)C[C@H]1c1ncc(-c2ccc(-c3ccc4cc(-c5cnc([C@@H]6CC7(CC7)CN6C(=O)[C@@H](C)C(C)C)[nH]5)ccc4c3)cc2)[nH]1)C(C)C. The molecule has 0 bridgehead atoms. The van der Waals surface area contributed by atoms with Crippen LogP contribution in [0.4, 0.5) is 4.79 Å². The van der Waals surface area contributed by atoms with Gasteiger partial charge in [0.25, 0.3) is 0 Å². The Morgan fingerprint density at radius 2 is 1.37 bits per heavy atom. The number of alkyl carbamates (subject to hydrolysis) is 1. The van der Waals surface area contributed by atoms with Crippen molar-refractivity contribution in [2.24, 2.45) is 23.2 Å². The van der Waals surface area contributed by atoms with E-state index in [-0.39, 0.29) is 47.8 Å². The third kappa shape index (κ3) is 8.50.